The molecular formula is C20H20ClN3O2S. The van der Waals surface area contributed by atoms with Crippen LogP contribution in [0.5, 0.6) is 0 Å². The van der Waals surface area contributed by atoms with Gasteiger partial charge in [0.05, 0.1) is 11.3 Å². The number of aryl methyl sites for hydroxylation is 1. The van der Waals surface area contributed by atoms with Gasteiger partial charge in [0.2, 0.25) is 0 Å². The number of hydrogen-bond acceptors (Lipinski definition) is 5. The maximum atomic E-state index is 13.4. The lowest BCUT2D eigenvalue weighted by atomic mass is 10.1. The Morgan fingerprint density at radius 3 is 2.41 bits per heavy atom. The Kier molecular flexibility index (Phi) is 4.80. The van der Waals surface area contributed by atoms with Gasteiger partial charge in [-0.05, 0) is 49.2 Å². The summed E-state index contributed by atoms with van der Waals surface area (Å²) in [5, 5.41) is 2.51. The van der Waals surface area contributed by atoms with Crippen molar-refractivity contribution in [2.45, 2.75) is 6.92 Å². The fourth-order valence-electron chi connectivity index (χ4n) is 3.57. The molecule has 0 spiro atoms. The number of amides is 2. The van der Waals surface area contributed by atoms with Crippen LogP contribution in [0, 0.1) is 6.92 Å². The van der Waals surface area contributed by atoms with Crippen molar-refractivity contribution < 1.29 is 9.59 Å². The second-order valence-electron chi connectivity index (χ2n) is 6.87. The van der Waals surface area contributed by atoms with Crippen LogP contribution in [0.15, 0.2) is 41.4 Å². The number of likely N-dealkylation sites (N-methyl/N-ethyl adjacent to an activating group) is 1. The van der Waals surface area contributed by atoms with Crippen LogP contribution in [0.1, 0.15) is 10.4 Å². The summed E-state index contributed by atoms with van der Waals surface area (Å²) in [5.74, 6) is -0.514. The summed E-state index contributed by atoms with van der Waals surface area (Å²) in [6.45, 7) is 5.05. The van der Waals surface area contributed by atoms with Gasteiger partial charge >= 0.3 is 0 Å². The average Bonchev–Trinajstić information content (AvgIpc) is 3.23. The molecule has 1 saturated heterocycles. The Labute approximate surface area is 167 Å². The van der Waals surface area contributed by atoms with E-state index in [0.717, 1.165) is 36.6 Å². The number of nitrogens with zero attached hydrogens (tertiary/aromatic N) is 3. The lowest BCUT2D eigenvalue weighted by Crippen LogP contribution is -2.46. The fourth-order valence-corrected chi connectivity index (χ4v) is 4.56. The van der Waals surface area contributed by atoms with Crippen LogP contribution in [-0.2, 0) is 9.59 Å². The molecule has 1 fully saturated rings. The normalized spacial score (nSPS) is 18.8. The van der Waals surface area contributed by atoms with Crippen molar-refractivity contribution in [3.05, 3.63) is 56.9 Å². The Morgan fingerprint density at radius 2 is 1.78 bits per heavy atom. The molecule has 2 aromatic rings. The number of thiophene rings is 1. The molecule has 0 aliphatic carbocycles. The Bertz CT molecular complexity index is 931. The maximum Gasteiger partial charge on any atom is 0.282 e. The van der Waals surface area contributed by atoms with E-state index in [1.807, 2.05) is 24.4 Å². The maximum absolute atomic E-state index is 13.4. The van der Waals surface area contributed by atoms with Gasteiger partial charge in [0, 0.05) is 36.1 Å². The van der Waals surface area contributed by atoms with Gasteiger partial charge in [-0.3, -0.25) is 9.59 Å². The van der Waals surface area contributed by atoms with Crippen LogP contribution in [0.3, 0.4) is 0 Å². The number of carbonyl (C=O) groups excluding carboxylic acids is 2. The SMILES string of the molecule is Cc1cc(Cl)ccc1N1C(=O)C(c2cccs2)=C(N2CCN(C)CC2)C1=O. The van der Waals surface area contributed by atoms with Crippen LogP contribution in [0.4, 0.5) is 5.69 Å². The minimum atomic E-state index is -0.262. The van der Waals surface area contributed by atoms with Crippen molar-refractivity contribution in [2.24, 2.45) is 0 Å². The minimum absolute atomic E-state index is 0.252. The highest BCUT2D eigenvalue weighted by molar-refractivity contribution is 7.11. The molecule has 140 valence electrons. The predicted molar refractivity (Wildman–Crippen MR) is 109 cm³/mol. The quantitative estimate of drug-likeness (QED) is 0.740. The lowest BCUT2D eigenvalue weighted by Gasteiger charge is -2.34. The first-order valence-corrected chi connectivity index (χ1v) is 10.1. The molecule has 2 amide bonds. The highest BCUT2D eigenvalue weighted by Crippen LogP contribution is 2.38. The Hall–Kier alpha value is -2.15. The topological polar surface area (TPSA) is 43.9 Å². The molecule has 5 nitrogen and oxygen atoms in total. The van der Waals surface area contributed by atoms with Crippen LogP contribution in [-0.4, -0.2) is 54.8 Å². The molecule has 1 aromatic carbocycles. The number of imide groups is 1. The van der Waals surface area contributed by atoms with Gasteiger partial charge in [-0.2, -0.15) is 0 Å². The second kappa shape index (κ2) is 7.11. The molecule has 0 atom stereocenters. The molecule has 1 aromatic heterocycles. The van der Waals surface area contributed by atoms with E-state index in [-0.39, 0.29) is 11.8 Å². The number of benzene rings is 1. The van der Waals surface area contributed by atoms with E-state index in [4.69, 9.17) is 11.6 Å². The number of rotatable bonds is 3. The zero-order valence-corrected chi connectivity index (χ0v) is 16.8. The van der Waals surface area contributed by atoms with Crippen molar-refractivity contribution in [3.63, 3.8) is 0 Å². The Morgan fingerprint density at radius 1 is 1.04 bits per heavy atom. The number of carbonyl (C=O) groups is 2. The van der Waals surface area contributed by atoms with Gasteiger partial charge in [-0.1, -0.05) is 17.7 Å². The van der Waals surface area contributed by atoms with Crippen LogP contribution in [0.25, 0.3) is 5.57 Å². The predicted octanol–water partition coefficient (Wildman–Crippen LogP) is 3.24. The summed E-state index contributed by atoms with van der Waals surface area (Å²) in [5.41, 5.74) is 2.42. The fraction of sp³-hybridized carbons (Fsp3) is 0.300. The molecule has 0 unspecified atom stereocenters. The van der Waals surface area contributed by atoms with E-state index in [9.17, 15) is 9.59 Å². The molecule has 4 rings (SSSR count). The van der Waals surface area contributed by atoms with Gasteiger partial charge in [-0.15, -0.1) is 11.3 Å². The molecule has 3 heterocycles. The second-order valence-corrected chi connectivity index (χ2v) is 8.25. The van der Waals surface area contributed by atoms with E-state index < -0.39 is 0 Å². The van der Waals surface area contributed by atoms with Crippen molar-refractivity contribution >= 4 is 46.0 Å². The molecule has 2 aliphatic heterocycles. The largest absolute Gasteiger partial charge is 0.364 e. The zero-order chi connectivity index (χ0) is 19.1. The zero-order valence-electron chi connectivity index (χ0n) is 15.2. The Balaban J connectivity index is 1.80. The summed E-state index contributed by atoms with van der Waals surface area (Å²) >= 11 is 7.54. The number of anilines is 1. The lowest BCUT2D eigenvalue weighted by molar-refractivity contribution is -0.120. The number of piperazine rings is 1. The minimum Gasteiger partial charge on any atom is -0.364 e. The standard InChI is InChI=1S/C20H20ClN3O2S/c1-13-12-14(21)5-6-15(13)24-19(25)17(16-4-3-11-27-16)18(20(24)26)23-9-7-22(2)8-10-23/h3-6,11-12H,7-10H2,1-2H3. The first-order valence-electron chi connectivity index (χ1n) is 8.84. The highest BCUT2D eigenvalue weighted by atomic mass is 35.5. The van der Waals surface area contributed by atoms with E-state index >= 15 is 0 Å². The number of halogens is 1. The molecule has 0 radical (unpaired) electrons. The van der Waals surface area contributed by atoms with E-state index in [1.165, 1.54) is 16.2 Å². The average molecular weight is 402 g/mol. The van der Waals surface area contributed by atoms with Gasteiger partial charge in [0.1, 0.15) is 5.70 Å². The molecule has 0 N–H and O–H groups in total. The molecular weight excluding hydrogens is 382 g/mol. The first kappa shape index (κ1) is 18.2. The van der Waals surface area contributed by atoms with Gasteiger partial charge in [0.15, 0.2) is 0 Å². The van der Waals surface area contributed by atoms with Gasteiger partial charge in [0.25, 0.3) is 11.8 Å². The summed E-state index contributed by atoms with van der Waals surface area (Å²) in [6.07, 6.45) is 0. The summed E-state index contributed by atoms with van der Waals surface area (Å²) in [6, 6.07) is 9.04. The van der Waals surface area contributed by atoms with Crippen molar-refractivity contribution in [1.82, 2.24) is 9.80 Å². The van der Waals surface area contributed by atoms with E-state index in [0.29, 0.717) is 22.0 Å². The molecule has 0 saturated carbocycles. The van der Waals surface area contributed by atoms with Gasteiger partial charge in [-0.25, -0.2) is 4.90 Å². The van der Waals surface area contributed by atoms with Crippen molar-refractivity contribution in [2.75, 3.05) is 38.1 Å². The van der Waals surface area contributed by atoms with Crippen molar-refractivity contribution in [1.29, 1.82) is 0 Å². The summed E-state index contributed by atoms with van der Waals surface area (Å²) in [4.78, 5) is 33.2. The molecule has 27 heavy (non-hydrogen) atoms. The summed E-state index contributed by atoms with van der Waals surface area (Å²) < 4.78 is 0. The third-order valence-electron chi connectivity index (χ3n) is 5.05. The van der Waals surface area contributed by atoms with Crippen LogP contribution < -0.4 is 4.90 Å². The first-order chi connectivity index (χ1) is 13.0. The monoisotopic (exact) mass is 401 g/mol. The van der Waals surface area contributed by atoms with Crippen LogP contribution in [0.2, 0.25) is 5.02 Å². The van der Waals surface area contributed by atoms with Crippen LogP contribution >= 0.6 is 22.9 Å². The molecule has 7 heteroatoms. The van der Waals surface area contributed by atoms with E-state index in [2.05, 4.69) is 16.8 Å². The summed E-state index contributed by atoms with van der Waals surface area (Å²) in [7, 11) is 2.07. The smallest absolute Gasteiger partial charge is 0.282 e. The number of hydrogen-bond donors (Lipinski definition) is 0. The highest BCUT2D eigenvalue weighted by Gasteiger charge is 2.43. The van der Waals surface area contributed by atoms with Gasteiger partial charge < -0.3 is 9.80 Å². The molecule has 2 aliphatic rings. The van der Waals surface area contributed by atoms with Crippen molar-refractivity contribution in [3.8, 4) is 0 Å². The molecule has 0 bridgehead atoms. The van der Waals surface area contributed by atoms with E-state index in [1.54, 1.807) is 18.2 Å². The third-order valence-corrected chi connectivity index (χ3v) is 6.17. The third kappa shape index (κ3) is 3.18.